The summed E-state index contributed by atoms with van der Waals surface area (Å²) < 4.78 is 0. The number of rotatable bonds is 3. The highest BCUT2D eigenvalue weighted by molar-refractivity contribution is 6.42. The van der Waals surface area contributed by atoms with Crippen molar-refractivity contribution in [2.24, 2.45) is 5.92 Å². The van der Waals surface area contributed by atoms with Gasteiger partial charge in [-0.25, -0.2) is 0 Å². The zero-order chi connectivity index (χ0) is 12.4. The number of nitrogens with zero attached hydrogens (tertiary/aromatic N) is 1. The molecule has 0 saturated carbocycles. The smallest absolute Gasteiger partial charge is 0.223 e. The molecule has 0 spiro atoms. The van der Waals surface area contributed by atoms with Crippen LogP contribution in [0.15, 0.2) is 18.2 Å². The van der Waals surface area contributed by atoms with Crippen molar-refractivity contribution in [1.82, 2.24) is 4.90 Å². The number of carbonyl (C=O) groups is 1. The fourth-order valence-electron chi connectivity index (χ4n) is 1.99. The molecule has 17 heavy (non-hydrogen) atoms. The van der Waals surface area contributed by atoms with E-state index < -0.39 is 0 Å². The number of carbonyl (C=O) groups excluding carboxylic acids is 1. The summed E-state index contributed by atoms with van der Waals surface area (Å²) in [6, 6.07) is 5.35. The zero-order valence-electron chi connectivity index (χ0n) is 9.20. The average Bonchev–Trinajstić information content (AvgIpc) is 2.65. The van der Waals surface area contributed by atoms with E-state index in [0.29, 0.717) is 29.6 Å². The van der Waals surface area contributed by atoms with Crippen LogP contribution in [0.4, 0.5) is 0 Å². The van der Waals surface area contributed by atoms with E-state index in [4.69, 9.17) is 28.3 Å². The first-order valence-electron chi connectivity index (χ1n) is 5.42. The highest BCUT2D eigenvalue weighted by Crippen LogP contribution is 2.25. The van der Waals surface area contributed by atoms with Crippen LogP contribution in [0.3, 0.4) is 0 Å². The lowest BCUT2D eigenvalue weighted by atomic mass is 10.1. The summed E-state index contributed by atoms with van der Waals surface area (Å²) in [6.45, 7) is 1.19. The van der Waals surface area contributed by atoms with Gasteiger partial charge in [0.15, 0.2) is 0 Å². The van der Waals surface area contributed by atoms with Gasteiger partial charge in [0.2, 0.25) is 5.91 Å². The minimum absolute atomic E-state index is 0.0591. The maximum atomic E-state index is 11.7. The van der Waals surface area contributed by atoms with Crippen LogP contribution < -0.4 is 0 Å². The molecule has 1 heterocycles. The number of hydrogen-bond donors (Lipinski definition) is 1. The Kier molecular flexibility index (Phi) is 3.92. The molecule has 1 amide bonds. The van der Waals surface area contributed by atoms with Crippen molar-refractivity contribution >= 4 is 29.1 Å². The number of benzene rings is 1. The van der Waals surface area contributed by atoms with Crippen LogP contribution in [0.5, 0.6) is 0 Å². The number of halogens is 2. The van der Waals surface area contributed by atoms with Gasteiger partial charge in [0.05, 0.1) is 10.0 Å². The van der Waals surface area contributed by atoms with Gasteiger partial charge < -0.3 is 10.0 Å². The van der Waals surface area contributed by atoms with Crippen molar-refractivity contribution in [3.8, 4) is 0 Å². The summed E-state index contributed by atoms with van der Waals surface area (Å²) in [4.78, 5) is 13.4. The Bertz CT molecular complexity index is 437. The third-order valence-electron chi connectivity index (χ3n) is 2.91. The lowest BCUT2D eigenvalue weighted by Gasteiger charge is -2.16. The molecule has 1 aromatic rings. The number of amides is 1. The normalized spacial score (nSPS) is 20.1. The van der Waals surface area contributed by atoms with E-state index in [-0.39, 0.29) is 18.4 Å². The van der Waals surface area contributed by atoms with Crippen molar-refractivity contribution in [2.45, 2.75) is 13.0 Å². The van der Waals surface area contributed by atoms with Gasteiger partial charge in [0, 0.05) is 32.0 Å². The Labute approximate surface area is 110 Å². The summed E-state index contributed by atoms with van der Waals surface area (Å²) in [5, 5.41) is 10.0. The minimum Gasteiger partial charge on any atom is -0.396 e. The largest absolute Gasteiger partial charge is 0.396 e. The van der Waals surface area contributed by atoms with Crippen molar-refractivity contribution in [2.75, 3.05) is 13.2 Å². The second kappa shape index (κ2) is 5.25. The predicted molar refractivity (Wildman–Crippen MR) is 67.1 cm³/mol. The topological polar surface area (TPSA) is 40.5 Å². The molecule has 0 aliphatic carbocycles. The summed E-state index contributed by atoms with van der Waals surface area (Å²) in [7, 11) is 0. The van der Waals surface area contributed by atoms with Crippen molar-refractivity contribution in [1.29, 1.82) is 0 Å². The van der Waals surface area contributed by atoms with E-state index in [9.17, 15) is 4.79 Å². The highest BCUT2D eigenvalue weighted by atomic mass is 35.5. The third kappa shape index (κ3) is 2.92. The maximum absolute atomic E-state index is 11.7. The lowest BCUT2D eigenvalue weighted by Crippen LogP contribution is -2.24. The molecule has 1 aromatic carbocycles. The monoisotopic (exact) mass is 273 g/mol. The summed E-state index contributed by atoms with van der Waals surface area (Å²) in [6.07, 6.45) is 0.428. The number of aliphatic hydroxyl groups is 1. The molecule has 92 valence electrons. The lowest BCUT2D eigenvalue weighted by molar-refractivity contribution is -0.128. The van der Waals surface area contributed by atoms with E-state index in [0.717, 1.165) is 5.56 Å². The Balaban J connectivity index is 2.06. The molecular weight excluding hydrogens is 261 g/mol. The van der Waals surface area contributed by atoms with Gasteiger partial charge in [-0.3, -0.25) is 4.79 Å². The third-order valence-corrected chi connectivity index (χ3v) is 3.65. The summed E-state index contributed by atoms with van der Waals surface area (Å²) in [5.74, 6) is 0.139. The first-order chi connectivity index (χ1) is 8.10. The fraction of sp³-hybridized carbons (Fsp3) is 0.417. The molecule has 1 aliphatic heterocycles. The van der Waals surface area contributed by atoms with Crippen LogP contribution in [0.25, 0.3) is 0 Å². The van der Waals surface area contributed by atoms with Gasteiger partial charge in [-0.1, -0.05) is 29.3 Å². The number of hydrogen-bond acceptors (Lipinski definition) is 2. The van der Waals surface area contributed by atoms with Crippen molar-refractivity contribution in [3.05, 3.63) is 33.8 Å². The zero-order valence-corrected chi connectivity index (χ0v) is 10.7. The maximum Gasteiger partial charge on any atom is 0.223 e. The Morgan fingerprint density at radius 1 is 1.35 bits per heavy atom. The standard InChI is InChI=1S/C12H13Cl2NO2/c13-10-2-1-8(3-11(10)14)5-15-6-9(7-16)4-12(15)17/h1-3,9,16H,4-7H2. The number of aliphatic hydroxyl groups excluding tert-OH is 1. The van der Waals surface area contributed by atoms with E-state index >= 15 is 0 Å². The predicted octanol–water partition coefficient (Wildman–Crippen LogP) is 2.33. The second-order valence-corrected chi connectivity index (χ2v) is 5.09. The Morgan fingerprint density at radius 3 is 2.71 bits per heavy atom. The summed E-state index contributed by atoms with van der Waals surface area (Å²) >= 11 is 11.7. The average molecular weight is 274 g/mol. The van der Waals surface area contributed by atoms with Crippen LogP contribution >= 0.6 is 23.2 Å². The highest BCUT2D eigenvalue weighted by Gasteiger charge is 2.28. The molecule has 1 atom stereocenters. The van der Waals surface area contributed by atoms with Gasteiger partial charge >= 0.3 is 0 Å². The first-order valence-corrected chi connectivity index (χ1v) is 6.18. The van der Waals surface area contributed by atoms with E-state index in [1.54, 1.807) is 17.0 Å². The second-order valence-electron chi connectivity index (χ2n) is 4.28. The van der Waals surface area contributed by atoms with Gasteiger partial charge in [-0.05, 0) is 17.7 Å². The molecule has 0 bridgehead atoms. The molecule has 3 nitrogen and oxygen atoms in total. The summed E-state index contributed by atoms with van der Waals surface area (Å²) in [5.41, 5.74) is 0.950. The molecule has 1 saturated heterocycles. The van der Waals surface area contributed by atoms with Gasteiger partial charge in [-0.2, -0.15) is 0 Å². The minimum atomic E-state index is 0.0591. The van der Waals surface area contributed by atoms with Crippen molar-refractivity contribution in [3.63, 3.8) is 0 Å². The van der Waals surface area contributed by atoms with Crippen LogP contribution in [0, 0.1) is 5.92 Å². The Hall–Kier alpha value is -0.770. The first kappa shape index (κ1) is 12.7. The van der Waals surface area contributed by atoms with Crippen LogP contribution in [0.1, 0.15) is 12.0 Å². The van der Waals surface area contributed by atoms with Gasteiger partial charge in [0.1, 0.15) is 0 Å². The van der Waals surface area contributed by atoms with E-state index in [1.165, 1.54) is 0 Å². The molecule has 1 fully saturated rings. The number of likely N-dealkylation sites (tertiary alicyclic amines) is 1. The molecule has 0 radical (unpaired) electrons. The van der Waals surface area contributed by atoms with Crippen LogP contribution in [-0.2, 0) is 11.3 Å². The quantitative estimate of drug-likeness (QED) is 0.919. The molecule has 0 aromatic heterocycles. The van der Waals surface area contributed by atoms with E-state index in [1.807, 2.05) is 6.07 Å². The molecule has 1 aliphatic rings. The van der Waals surface area contributed by atoms with Crippen molar-refractivity contribution < 1.29 is 9.90 Å². The Morgan fingerprint density at radius 2 is 2.12 bits per heavy atom. The molecule has 1 unspecified atom stereocenters. The van der Waals surface area contributed by atoms with Gasteiger partial charge in [0.25, 0.3) is 0 Å². The van der Waals surface area contributed by atoms with E-state index in [2.05, 4.69) is 0 Å². The SMILES string of the molecule is O=C1CC(CO)CN1Cc1ccc(Cl)c(Cl)c1. The van der Waals surface area contributed by atoms with Crippen LogP contribution in [-0.4, -0.2) is 29.1 Å². The molecule has 1 N–H and O–H groups in total. The molecular formula is C12H13Cl2NO2. The fourth-order valence-corrected chi connectivity index (χ4v) is 2.31. The molecule has 5 heteroatoms. The molecule has 2 rings (SSSR count). The van der Waals surface area contributed by atoms with Gasteiger partial charge in [-0.15, -0.1) is 0 Å². The van der Waals surface area contributed by atoms with Crippen LogP contribution in [0.2, 0.25) is 10.0 Å².